The van der Waals surface area contributed by atoms with Crippen LogP contribution in [0.15, 0.2) is 42.2 Å². The van der Waals surface area contributed by atoms with E-state index in [1.54, 1.807) is 17.5 Å². The second-order valence-electron chi connectivity index (χ2n) is 5.98. The summed E-state index contributed by atoms with van der Waals surface area (Å²) >= 11 is 1.63. The Morgan fingerprint density at radius 1 is 1.38 bits per heavy atom. The van der Waals surface area contributed by atoms with E-state index in [9.17, 15) is 4.79 Å². The average molecular weight is 341 g/mol. The van der Waals surface area contributed by atoms with Gasteiger partial charge in [0.2, 0.25) is 5.91 Å². The first-order valence-electron chi connectivity index (χ1n) is 8.06. The Labute approximate surface area is 144 Å². The number of imidazole rings is 1. The van der Waals surface area contributed by atoms with Gasteiger partial charge in [-0.15, -0.1) is 11.3 Å². The molecule has 0 spiro atoms. The van der Waals surface area contributed by atoms with Gasteiger partial charge >= 0.3 is 0 Å². The van der Waals surface area contributed by atoms with E-state index in [0.717, 1.165) is 29.5 Å². The summed E-state index contributed by atoms with van der Waals surface area (Å²) < 4.78 is 4.12. The molecule has 1 aliphatic heterocycles. The second kappa shape index (κ2) is 6.24. The molecule has 3 aromatic rings. The zero-order valence-corrected chi connectivity index (χ0v) is 14.3. The lowest BCUT2D eigenvalue weighted by Crippen LogP contribution is -2.42. The highest BCUT2D eigenvalue weighted by atomic mass is 32.1. The predicted molar refractivity (Wildman–Crippen MR) is 91.7 cm³/mol. The molecule has 0 N–H and O–H groups in total. The number of amides is 1. The predicted octanol–water partition coefficient (Wildman–Crippen LogP) is 2.34. The quantitative estimate of drug-likeness (QED) is 0.732. The number of rotatable bonds is 4. The fraction of sp³-hybridized carbons (Fsp3) is 0.353. The molecule has 1 atom stereocenters. The topological polar surface area (TPSA) is 56.0 Å². The van der Waals surface area contributed by atoms with Crippen LogP contribution in [-0.2, 0) is 24.3 Å². The smallest absolute Gasteiger partial charge is 0.228 e. The molecule has 1 aliphatic rings. The van der Waals surface area contributed by atoms with Crippen LogP contribution in [0.1, 0.15) is 29.4 Å². The first kappa shape index (κ1) is 15.1. The third-order valence-corrected chi connectivity index (χ3v) is 5.36. The Hall–Kier alpha value is -2.41. The number of hydrogen-bond acceptors (Lipinski definition) is 4. The molecule has 7 heteroatoms. The number of aromatic nitrogens is 4. The maximum atomic E-state index is 12.6. The number of nitrogens with zero attached hydrogens (tertiary/aromatic N) is 5. The van der Waals surface area contributed by atoms with Crippen LogP contribution in [0.2, 0.25) is 0 Å². The van der Waals surface area contributed by atoms with Gasteiger partial charge in [-0.1, -0.05) is 6.07 Å². The van der Waals surface area contributed by atoms with Gasteiger partial charge in [0.15, 0.2) is 0 Å². The molecule has 0 radical (unpaired) electrons. The Morgan fingerprint density at radius 3 is 3.04 bits per heavy atom. The summed E-state index contributed by atoms with van der Waals surface area (Å²) in [7, 11) is 0. The van der Waals surface area contributed by atoms with E-state index in [-0.39, 0.29) is 11.9 Å². The molecule has 0 unspecified atom stereocenters. The van der Waals surface area contributed by atoms with Crippen molar-refractivity contribution in [3.8, 4) is 0 Å². The first-order chi connectivity index (χ1) is 11.7. The number of thiophene rings is 1. The molecule has 0 aliphatic carbocycles. The summed E-state index contributed by atoms with van der Waals surface area (Å²) in [6.07, 6.45) is 6.10. The van der Waals surface area contributed by atoms with Crippen molar-refractivity contribution in [2.75, 3.05) is 6.54 Å². The lowest BCUT2D eigenvalue weighted by Gasteiger charge is -2.34. The normalized spacial score (nSPS) is 17.0. The van der Waals surface area contributed by atoms with E-state index in [0.29, 0.717) is 13.0 Å². The Kier molecular flexibility index (Phi) is 3.93. The standard InChI is InChI=1S/C17H19N5OS/c1-13-17-18-11-14(12-20-6-3-5-19-20)22(17)8-7-21(13)16(23)10-15-4-2-9-24-15/h2-6,9,11,13H,7-8,10,12H2,1H3/t13-/m0/s1. The highest BCUT2D eigenvalue weighted by Crippen LogP contribution is 2.26. The maximum absolute atomic E-state index is 12.6. The van der Waals surface area contributed by atoms with Crippen LogP contribution in [0.5, 0.6) is 0 Å². The van der Waals surface area contributed by atoms with Crippen molar-refractivity contribution in [1.82, 2.24) is 24.2 Å². The maximum Gasteiger partial charge on any atom is 0.228 e. The number of carbonyl (C=O) groups is 1. The van der Waals surface area contributed by atoms with Crippen molar-refractivity contribution >= 4 is 17.2 Å². The van der Waals surface area contributed by atoms with Crippen molar-refractivity contribution in [2.45, 2.75) is 32.5 Å². The van der Waals surface area contributed by atoms with Crippen molar-refractivity contribution in [3.63, 3.8) is 0 Å². The van der Waals surface area contributed by atoms with E-state index < -0.39 is 0 Å². The number of carbonyl (C=O) groups excluding carboxylic acids is 1. The van der Waals surface area contributed by atoms with Crippen LogP contribution in [0.4, 0.5) is 0 Å². The molecular weight excluding hydrogens is 322 g/mol. The molecule has 3 aromatic heterocycles. The Bertz CT molecular complexity index is 821. The van der Waals surface area contributed by atoms with Crippen molar-refractivity contribution in [2.24, 2.45) is 0 Å². The summed E-state index contributed by atoms with van der Waals surface area (Å²) in [5, 5.41) is 6.27. The molecule has 24 heavy (non-hydrogen) atoms. The van der Waals surface area contributed by atoms with Crippen LogP contribution in [-0.4, -0.2) is 36.7 Å². The second-order valence-corrected chi connectivity index (χ2v) is 7.01. The minimum atomic E-state index is -0.00224. The minimum absolute atomic E-state index is 0.00224. The zero-order valence-electron chi connectivity index (χ0n) is 13.5. The van der Waals surface area contributed by atoms with Crippen molar-refractivity contribution < 1.29 is 4.79 Å². The first-order valence-corrected chi connectivity index (χ1v) is 8.94. The van der Waals surface area contributed by atoms with Gasteiger partial charge in [0.05, 0.1) is 30.9 Å². The summed E-state index contributed by atoms with van der Waals surface area (Å²) in [6.45, 7) is 4.27. The van der Waals surface area contributed by atoms with Gasteiger partial charge in [-0.3, -0.25) is 9.48 Å². The van der Waals surface area contributed by atoms with E-state index in [2.05, 4.69) is 21.6 Å². The molecule has 0 saturated heterocycles. The molecule has 0 saturated carbocycles. The zero-order chi connectivity index (χ0) is 16.5. The lowest BCUT2D eigenvalue weighted by atomic mass is 10.1. The van der Waals surface area contributed by atoms with E-state index in [4.69, 9.17) is 0 Å². The van der Waals surface area contributed by atoms with Gasteiger partial charge in [0.1, 0.15) is 5.82 Å². The molecule has 0 fully saturated rings. The molecular formula is C17H19N5OS. The Balaban J connectivity index is 1.51. The van der Waals surface area contributed by atoms with Crippen LogP contribution in [0.25, 0.3) is 0 Å². The molecule has 0 bridgehead atoms. The third-order valence-electron chi connectivity index (χ3n) is 4.48. The molecule has 0 aromatic carbocycles. The van der Waals surface area contributed by atoms with Crippen LogP contribution >= 0.6 is 11.3 Å². The fourth-order valence-corrected chi connectivity index (χ4v) is 3.95. The highest BCUT2D eigenvalue weighted by Gasteiger charge is 2.30. The summed E-state index contributed by atoms with van der Waals surface area (Å²) in [6, 6.07) is 5.92. The van der Waals surface area contributed by atoms with Gasteiger partial charge < -0.3 is 9.47 Å². The Morgan fingerprint density at radius 2 is 2.29 bits per heavy atom. The summed E-state index contributed by atoms with van der Waals surface area (Å²) in [4.78, 5) is 20.3. The largest absolute Gasteiger partial charge is 0.331 e. The minimum Gasteiger partial charge on any atom is -0.331 e. The van der Waals surface area contributed by atoms with E-state index in [1.165, 1.54) is 0 Å². The fourth-order valence-electron chi connectivity index (χ4n) is 3.25. The molecule has 4 rings (SSSR count). The van der Waals surface area contributed by atoms with Gasteiger partial charge in [0.25, 0.3) is 0 Å². The van der Waals surface area contributed by atoms with Crippen LogP contribution in [0, 0.1) is 0 Å². The number of hydrogen-bond donors (Lipinski definition) is 0. The van der Waals surface area contributed by atoms with E-state index >= 15 is 0 Å². The van der Waals surface area contributed by atoms with Crippen LogP contribution < -0.4 is 0 Å². The monoisotopic (exact) mass is 341 g/mol. The van der Waals surface area contributed by atoms with Gasteiger partial charge in [-0.25, -0.2) is 4.98 Å². The average Bonchev–Trinajstić information content (AvgIpc) is 3.31. The third kappa shape index (κ3) is 2.75. The van der Waals surface area contributed by atoms with Crippen molar-refractivity contribution in [1.29, 1.82) is 0 Å². The van der Waals surface area contributed by atoms with E-state index in [1.807, 2.05) is 45.6 Å². The van der Waals surface area contributed by atoms with Crippen LogP contribution in [0.3, 0.4) is 0 Å². The molecule has 4 heterocycles. The lowest BCUT2D eigenvalue weighted by molar-refractivity contribution is -0.133. The van der Waals surface area contributed by atoms with Gasteiger partial charge in [-0.05, 0) is 24.4 Å². The van der Waals surface area contributed by atoms with Crippen molar-refractivity contribution in [3.05, 3.63) is 58.6 Å². The highest BCUT2D eigenvalue weighted by molar-refractivity contribution is 7.10. The number of fused-ring (bicyclic) bond motifs is 1. The molecule has 124 valence electrons. The molecule has 1 amide bonds. The van der Waals surface area contributed by atoms with Gasteiger partial charge in [0, 0.05) is 30.4 Å². The summed E-state index contributed by atoms with van der Waals surface area (Å²) in [5.74, 6) is 1.13. The van der Waals surface area contributed by atoms with Gasteiger partial charge in [-0.2, -0.15) is 5.10 Å². The summed E-state index contributed by atoms with van der Waals surface area (Å²) in [5.41, 5.74) is 1.13. The SMILES string of the molecule is C[C@H]1c2ncc(Cn3cccn3)n2CCN1C(=O)Cc1cccs1. The molecule has 6 nitrogen and oxygen atoms in total.